The zero-order valence-corrected chi connectivity index (χ0v) is 15.5. The number of rotatable bonds is 4. The Bertz CT molecular complexity index is 705. The maximum Gasteiger partial charge on any atom is 0.289 e. The summed E-state index contributed by atoms with van der Waals surface area (Å²) >= 11 is 0. The van der Waals surface area contributed by atoms with Crippen LogP contribution >= 0.6 is 12.4 Å². The third-order valence-corrected chi connectivity index (χ3v) is 5.39. The SMILES string of the molecule is Cl.O=C(c1occc1COc1ccccc1)N1CC[C@@H]2CNC[C@@H]2CC1. The molecule has 0 radical (unpaired) electrons. The van der Waals surface area contributed by atoms with Crippen LogP contribution in [0.5, 0.6) is 5.75 Å². The highest BCUT2D eigenvalue weighted by Crippen LogP contribution is 2.28. The molecule has 2 fully saturated rings. The summed E-state index contributed by atoms with van der Waals surface area (Å²) in [6.07, 6.45) is 3.72. The molecule has 0 unspecified atom stereocenters. The minimum absolute atomic E-state index is 0. The van der Waals surface area contributed by atoms with Crippen LogP contribution in [0.4, 0.5) is 0 Å². The summed E-state index contributed by atoms with van der Waals surface area (Å²) < 4.78 is 11.3. The van der Waals surface area contributed by atoms with Crippen molar-refractivity contribution < 1.29 is 13.9 Å². The van der Waals surface area contributed by atoms with E-state index in [1.54, 1.807) is 6.26 Å². The van der Waals surface area contributed by atoms with Crippen LogP contribution < -0.4 is 10.1 Å². The van der Waals surface area contributed by atoms with Crippen molar-refractivity contribution in [3.63, 3.8) is 0 Å². The van der Waals surface area contributed by atoms with E-state index in [4.69, 9.17) is 9.15 Å². The van der Waals surface area contributed by atoms with Crippen LogP contribution in [0.25, 0.3) is 0 Å². The number of halogens is 1. The molecular weight excluding hydrogens is 352 g/mol. The number of hydrogen-bond donors (Lipinski definition) is 1. The molecule has 3 heterocycles. The number of hydrogen-bond acceptors (Lipinski definition) is 4. The van der Waals surface area contributed by atoms with Gasteiger partial charge in [-0.3, -0.25) is 4.79 Å². The summed E-state index contributed by atoms with van der Waals surface area (Å²) in [4.78, 5) is 14.9. The smallest absolute Gasteiger partial charge is 0.289 e. The van der Waals surface area contributed by atoms with Crippen LogP contribution in [-0.2, 0) is 6.61 Å². The maximum absolute atomic E-state index is 12.9. The molecule has 26 heavy (non-hydrogen) atoms. The van der Waals surface area contributed by atoms with Crippen molar-refractivity contribution in [2.45, 2.75) is 19.4 Å². The fourth-order valence-corrected chi connectivity index (χ4v) is 3.88. The van der Waals surface area contributed by atoms with Crippen molar-refractivity contribution in [3.05, 3.63) is 54.0 Å². The Kier molecular flexibility index (Phi) is 6.22. The molecule has 140 valence electrons. The molecule has 5 nitrogen and oxygen atoms in total. The van der Waals surface area contributed by atoms with Gasteiger partial charge in [0.1, 0.15) is 12.4 Å². The summed E-state index contributed by atoms with van der Waals surface area (Å²) in [7, 11) is 0. The van der Waals surface area contributed by atoms with E-state index < -0.39 is 0 Å². The van der Waals surface area contributed by atoms with Gasteiger partial charge in [0, 0.05) is 18.7 Å². The van der Waals surface area contributed by atoms with E-state index in [1.807, 2.05) is 41.3 Å². The second kappa shape index (κ2) is 8.60. The lowest BCUT2D eigenvalue weighted by Gasteiger charge is -2.20. The Morgan fingerprint density at radius 2 is 1.81 bits per heavy atom. The predicted molar refractivity (Wildman–Crippen MR) is 102 cm³/mol. The monoisotopic (exact) mass is 376 g/mol. The maximum atomic E-state index is 12.9. The normalized spacial score (nSPS) is 22.2. The highest BCUT2D eigenvalue weighted by Gasteiger charge is 2.32. The Hall–Kier alpha value is -1.98. The molecule has 1 aromatic heterocycles. The molecule has 2 aliphatic heterocycles. The lowest BCUT2D eigenvalue weighted by atomic mass is 9.92. The molecular formula is C20H25ClN2O3. The molecule has 2 atom stereocenters. The number of benzene rings is 1. The zero-order chi connectivity index (χ0) is 17.1. The van der Waals surface area contributed by atoms with Crippen LogP contribution in [-0.4, -0.2) is 37.0 Å². The fourth-order valence-electron chi connectivity index (χ4n) is 3.88. The van der Waals surface area contributed by atoms with Gasteiger partial charge >= 0.3 is 0 Å². The number of furan rings is 1. The quantitative estimate of drug-likeness (QED) is 0.889. The number of para-hydroxylation sites is 1. The van der Waals surface area contributed by atoms with Crippen molar-refractivity contribution in [1.29, 1.82) is 0 Å². The second-order valence-corrected chi connectivity index (χ2v) is 6.92. The van der Waals surface area contributed by atoms with Gasteiger partial charge in [0.15, 0.2) is 5.76 Å². The van der Waals surface area contributed by atoms with Crippen LogP contribution in [0, 0.1) is 11.8 Å². The minimum atomic E-state index is -0.00963. The highest BCUT2D eigenvalue weighted by molar-refractivity contribution is 5.93. The fraction of sp³-hybridized carbons (Fsp3) is 0.450. The number of carbonyl (C=O) groups excluding carboxylic acids is 1. The van der Waals surface area contributed by atoms with Crippen LogP contribution in [0.1, 0.15) is 29.0 Å². The Morgan fingerprint density at radius 3 is 2.50 bits per heavy atom. The van der Waals surface area contributed by atoms with Gasteiger partial charge in [-0.15, -0.1) is 12.4 Å². The number of nitrogens with one attached hydrogen (secondary N) is 1. The van der Waals surface area contributed by atoms with Gasteiger partial charge < -0.3 is 19.4 Å². The topological polar surface area (TPSA) is 54.7 Å². The number of amides is 1. The van der Waals surface area contributed by atoms with Crippen LogP contribution in [0.3, 0.4) is 0 Å². The first-order valence-corrected chi connectivity index (χ1v) is 9.05. The highest BCUT2D eigenvalue weighted by atomic mass is 35.5. The number of carbonyl (C=O) groups is 1. The first kappa shape index (κ1) is 18.8. The molecule has 1 aromatic carbocycles. The molecule has 2 aliphatic rings. The first-order valence-electron chi connectivity index (χ1n) is 9.05. The lowest BCUT2D eigenvalue weighted by molar-refractivity contribution is 0.0722. The van der Waals surface area contributed by atoms with E-state index >= 15 is 0 Å². The average molecular weight is 377 g/mol. The van der Waals surface area contributed by atoms with Gasteiger partial charge in [0.25, 0.3) is 5.91 Å². The Balaban J connectivity index is 0.00000196. The average Bonchev–Trinajstić information content (AvgIpc) is 3.26. The standard InChI is InChI=1S/C20H24N2O3.ClH/c23-20(22-9-6-15-12-21-13-16(15)7-10-22)19-17(8-11-24-19)14-25-18-4-2-1-3-5-18;/h1-5,8,11,15-16,21H,6-7,9-10,12-14H2;1H/t15-,16+;. The number of fused-ring (bicyclic) bond motifs is 1. The van der Waals surface area contributed by atoms with Gasteiger partial charge in [0.05, 0.1) is 6.26 Å². The molecule has 2 saturated heterocycles. The molecule has 0 spiro atoms. The zero-order valence-electron chi connectivity index (χ0n) is 14.7. The number of nitrogens with zero attached hydrogens (tertiary/aromatic N) is 1. The van der Waals surface area contributed by atoms with Crippen LogP contribution in [0.15, 0.2) is 47.1 Å². The van der Waals surface area contributed by atoms with E-state index in [9.17, 15) is 4.79 Å². The number of ether oxygens (including phenoxy) is 1. The third-order valence-electron chi connectivity index (χ3n) is 5.39. The molecule has 0 aliphatic carbocycles. The predicted octanol–water partition coefficient (Wildman–Crippen LogP) is 3.35. The van der Waals surface area contributed by atoms with E-state index in [1.165, 1.54) is 0 Å². The van der Waals surface area contributed by atoms with Gasteiger partial charge in [-0.05, 0) is 56.0 Å². The summed E-state index contributed by atoms with van der Waals surface area (Å²) in [5.41, 5.74) is 0.806. The molecule has 6 heteroatoms. The van der Waals surface area contributed by atoms with E-state index in [2.05, 4.69) is 5.32 Å². The van der Waals surface area contributed by atoms with E-state index in [0.29, 0.717) is 24.2 Å². The Labute approximate surface area is 160 Å². The van der Waals surface area contributed by atoms with Gasteiger partial charge in [-0.25, -0.2) is 0 Å². The molecule has 0 bridgehead atoms. The summed E-state index contributed by atoms with van der Waals surface area (Å²) in [6, 6.07) is 11.4. The van der Waals surface area contributed by atoms with Crippen LogP contribution in [0.2, 0.25) is 0 Å². The minimum Gasteiger partial charge on any atom is -0.489 e. The Morgan fingerprint density at radius 1 is 1.12 bits per heavy atom. The van der Waals surface area contributed by atoms with Crippen molar-refractivity contribution >= 4 is 18.3 Å². The van der Waals surface area contributed by atoms with Crippen molar-refractivity contribution in [2.75, 3.05) is 26.2 Å². The molecule has 4 rings (SSSR count). The number of likely N-dealkylation sites (tertiary alicyclic amines) is 1. The summed E-state index contributed by atoms with van der Waals surface area (Å²) in [5, 5.41) is 3.47. The van der Waals surface area contributed by atoms with E-state index in [0.717, 1.165) is 50.3 Å². The van der Waals surface area contributed by atoms with Gasteiger partial charge in [-0.2, -0.15) is 0 Å². The first-order chi connectivity index (χ1) is 12.3. The third kappa shape index (κ3) is 4.05. The molecule has 2 aromatic rings. The van der Waals surface area contributed by atoms with E-state index in [-0.39, 0.29) is 18.3 Å². The largest absolute Gasteiger partial charge is 0.489 e. The molecule has 0 saturated carbocycles. The summed E-state index contributed by atoms with van der Waals surface area (Å²) in [6.45, 7) is 4.13. The second-order valence-electron chi connectivity index (χ2n) is 6.92. The lowest BCUT2D eigenvalue weighted by Crippen LogP contribution is -2.33. The van der Waals surface area contributed by atoms with Gasteiger partial charge in [0.2, 0.25) is 0 Å². The van der Waals surface area contributed by atoms with Crippen molar-refractivity contribution in [3.8, 4) is 5.75 Å². The van der Waals surface area contributed by atoms with Crippen molar-refractivity contribution in [2.24, 2.45) is 11.8 Å². The molecule has 1 N–H and O–H groups in total. The van der Waals surface area contributed by atoms with Crippen molar-refractivity contribution in [1.82, 2.24) is 10.2 Å². The van der Waals surface area contributed by atoms with Gasteiger partial charge in [-0.1, -0.05) is 18.2 Å². The summed E-state index contributed by atoms with van der Waals surface area (Å²) in [5.74, 6) is 2.61. The molecule has 1 amide bonds.